The molecule has 0 atom stereocenters. The highest BCUT2D eigenvalue weighted by Gasteiger charge is 2.17. The summed E-state index contributed by atoms with van der Waals surface area (Å²) in [4.78, 5) is 22.4. The van der Waals surface area contributed by atoms with Gasteiger partial charge < -0.3 is 10.4 Å². The summed E-state index contributed by atoms with van der Waals surface area (Å²) in [7, 11) is 0. The SMILES string of the molecule is O=Nc1ccc(C(=O)Nc2ccccc2)c(O)c1Cl. The third-order valence-corrected chi connectivity index (χ3v) is 2.84. The molecule has 0 fully saturated rings. The zero-order valence-electron chi connectivity index (χ0n) is 9.63. The summed E-state index contributed by atoms with van der Waals surface area (Å²) in [6, 6.07) is 11.3. The van der Waals surface area contributed by atoms with E-state index in [2.05, 4.69) is 10.5 Å². The number of nitroso groups, excluding NO2 is 1. The van der Waals surface area contributed by atoms with Crippen molar-refractivity contribution in [3.05, 3.63) is 58.0 Å². The maximum absolute atomic E-state index is 11.9. The first kappa shape index (κ1) is 13.0. The molecule has 5 nitrogen and oxygen atoms in total. The number of nitrogens with one attached hydrogen (secondary N) is 1. The van der Waals surface area contributed by atoms with Crippen LogP contribution in [0.15, 0.2) is 47.6 Å². The highest BCUT2D eigenvalue weighted by Crippen LogP contribution is 2.36. The van der Waals surface area contributed by atoms with E-state index in [-0.39, 0.29) is 16.3 Å². The summed E-state index contributed by atoms with van der Waals surface area (Å²) in [6.45, 7) is 0. The second-order valence-corrected chi connectivity index (χ2v) is 4.08. The fourth-order valence-electron chi connectivity index (χ4n) is 1.53. The number of halogens is 1. The molecule has 0 aliphatic carbocycles. The molecule has 0 aliphatic rings. The summed E-state index contributed by atoms with van der Waals surface area (Å²) in [6.07, 6.45) is 0. The number of anilines is 1. The van der Waals surface area contributed by atoms with Crippen LogP contribution in [0.1, 0.15) is 10.4 Å². The van der Waals surface area contributed by atoms with Gasteiger partial charge in [-0.1, -0.05) is 29.8 Å². The van der Waals surface area contributed by atoms with E-state index in [1.807, 2.05) is 6.07 Å². The van der Waals surface area contributed by atoms with Crippen molar-refractivity contribution < 1.29 is 9.90 Å². The van der Waals surface area contributed by atoms with Gasteiger partial charge in [0.15, 0.2) is 0 Å². The van der Waals surface area contributed by atoms with Crippen molar-refractivity contribution in [2.75, 3.05) is 5.32 Å². The number of aromatic hydroxyl groups is 1. The Morgan fingerprint density at radius 2 is 1.84 bits per heavy atom. The summed E-state index contributed by atoms with van der Waals surface area (Å²) in [5, 5.41) is 14.8. The minimum atomic E-state index is -0.525. The quantitative estimate of drug-likeness (QED) is 0.839. The summed E-state index contributed by atoms with van der Waals surface area (Å²) in [5.41, 5.74) is 0.442. The van der Waals surface area contributed by atoms with E-state index in [0.717, 1.165) is 0 Å². The van der Waals surface area contributed by atoms with Crippen LogP contribution in [0.25, 0.3) is 0 Å². The van der Waals surface area contributed by atoms with E-state index in [0.29, 0.717) is 5.69 Å². The fourth-order valence-corrected chi connectivity index (χ4v) is 1.73. The predicted molar refractivity (Wildman–Crippen MR) is 73.0 cm³/mol. The molecule has 0 spiro atoms. The Kier molecular flexibility index (Phi) is 3.77. The number of hydrogen-bond donors (Lipinski definition) is 2. The molecule has 0 aliphatic heterocycles. The van der Waals surface area contributed by atoms with Crippen molar-refractivity contribution in [1.82, 2.24) is 0 Å². The Bertz CT molecular complexity index is 629. The Morgan fingerprint density at radius 1 is 1.16 bits per heavy atom. The normalized spacial score (nSPS) is 9.95. The highest BCUT2D eigenvalue weighted by atomic mass is 35.5. The Labute approximate surface area is 113 Å². The first-order chi connectivity index (χ1) is 9.13. The van der Waals surface area contributed by atoms with E-state index >= 15 is 0 Å². The standard InChI is InChI=1S/C13H9ClN2O3/c14-11-10(16-19)7-6-9(12(11)17)13(18)15-8-4-2-1-3-5-8/h1-7,17H,(H,15,18). The summed E-state index contributed by atoms with van der Waals surface area (Å²) < 4.78 is 0. The van der Waals surface area contributed by atoms with Crippen LogP contribution < -0.4 is 5.32 Å². The minimum Gasteiger partial charge on any atom is -0.505 e. The third-order valence-electron chi connectivity index (χ3n) is 2.47. The van der Waals surface area contributed by atoms with Crippen LogP contribution in [0.3, 0.4) is 0 Å². The summed E-state index contributed by atoms with van der Waals surface area (Å²) >= 11 is 5.72. The number of nitrogens with zero attached hydrogens (tertiary/aromatic N) is 1. The molecule has 0 heterocycles. The molecule has 2 rings (SSSR count). The number of phenols is 1. The van der Waals surface area contributed by atoms with E-state index in [1.165, 1.54) is 12.1 Å². The number of phenolic OH excluding ortho intramolecular Hbond substituents is 1. The smallest absolute Gasteiger partial charge is 0.259 e. The molecule has 96 valence electrons. The van der Waals surface area contributed by atoms with Gasteiger partial charge in [0.2, 0.25) is 0 Å². The van der Waals surface area contributed by atoms with E-state index < -0.39 is 11.7 Å². The van der Waals surface area contributed by atoms with Crippen LogP contribution in [0.5, 0.6) is 5.75 Å². The van der Waals surface area contributed by atoms with Gasteiger partial charge in [0.25, 0.3) is 5.91 Å². The van der Waals surface area contributed by atoms with Gasteiger partial charge in [0.1, 0.15) is 16.5 Å². The zero-order valence-corrected chi connectivity index (χ0v) is 10.4. The minimum absolute atomic E-state index is 0.0266. The second-order valence-electron chi connectivity index (χ2n) is 3.71. The summed E-state index contributed by atoms with van der Waals surface area (Å²) in [5.74, 6) is -0.991. The van der Waals surface area contributed by atoms with Crippen molar-refractivity contribution in [1.29, 1.82) is 0 Å². The predicted octanol–water partition coefficient (Wildman–Crippen LogP) is 3.70. The number of carbonyl (C=O) groups excluding carboxylic acids is 1. The molecule has 2 N–H and O–H groups in total. The molecule has 2 aromatic rings. The molecule has 0 unspecified atom stereocenters. The first-order valence-electron chi connectivity index (χ1n) is 5.34. The number of hydrogen-bond acceptors (Lipinski definition) is 4. The average molecular weight is 277 g/mol. The fraction of sp³-hybridized carbons (Fsp3) is 0. The van der Waals surface area contributed by atoms with Gasteiger partial charge in [-0.3, -0.25) is 4.79 Å². The van der Waals surface area contributed by atoms with E-state index in [1.54, 1.807) is 24.3 Å². The van der Waals surface area contributed by atoms with Crippen LogP contribution in [0.4, 0.5) is 11.4 Å². The second kappa shape index (κ2) is 5.49. The molecule has 0 saturated carbocycles. The Hall–Kier alpha value is -2.40. The molecule has 0 bridgehead atoms. The van der Waals surface area contributed by atoms with Gasteiger partial charge in [-0.15, -0.1) is 4.91 Å². The molecule has 6 heteroatoms. The van der Waals surface area contributed by atoms with E-state index in [4.69, 9.17) is 11.6 Å². The van der Waals surface area contributed by atoms with Crippen molar-refractivity contribution in [3.63, 3.8) is 0 Å². The van der Waals surface area contributed by atoms with Gasteiger partial charge in [0.05, 0.1) is 5.56 Å². The first-order valence-corrected chi connectivity index (χ1v) is 5.72. The lowest BCUT2D eigenvalue weighted by atomic mass is 10.1. The average Bonchev–Trinajstić information content (AvgIpc) is 2.42. The number of para-hydroxylation sites is 1. The van der Waals surface area contributed by atoms with Crippen molar-refractivity contribution in [2.45, 2.75) is 0 Å². The topological polar surface area (TPSA) is 78.8 Å². The van der Waals surface area contributed by atoms with E-state index in [9.17, 15) is 14.8 Å². The van der Waals surface area contributed by atoms with Gasteiger partial charge in [-0.25, -0.2) is 0 Å². The Balaban J connectivity index is 2.30. The van der Waals surface area contributed by atoms with Crippen molar-refractivity contribution >= 4 is 28.9 Å². The molecule has 0 radical (unpaired) electrons. The van der Waals surface area contributed by atoms with Gasteiger partial charge in [-0.05, 0) is 29.4 Å². The molecule has 19 heavy (non-hydrogen) atoms. The largest absolute Gasteiger partial charge is 0.505 e. The number of rotatable bonds is 3. The van der Waals surface area contributed by atoms with Crippen molar-refractivity contribution in [2.24, 2.45) is 5.18 Å². The van der Waals surface area contributed by atoms with Crippen LogP contribution >= 0.6 is 11.6 Å². The van der Waals surface area contributed by atoms with Gasteiger partial charge in [-0.2, -0.15) is 0 Å². The maximum atomic E-state index is 11.9. The van der Waals surface area contributed by atoms with Crippen LogP contribution in [-0.2, 0) is 0 Å². The van der Waals surface area contributed by atoms with Gasteiger partial charge >= 0.3 is 0 Å². The lowest BCUT2D eigenvalue weighted by Gasteiger charge is -2.08. The zero-order chi connectivity index (χ0) is 13.8. The lowest BCUT2D eigenvalue weighted by molar-refractivity contribution is 0.102. The van der Waals surface area contributed by atoms with Crippen LogP contribution in [0, 0.1) is 4.91 Å². The van der Waals surface area contributed by atoms with Crippen LogP contribution in [0.2, 0.25) is 5.02 Å². The number of amides is 1. The van der Waals surface area contributed by atoms with Crippen molar-refractivity contribution in [3.8, 4) is 5.75 Å². The Morgan fingerprint density at radius 3 is 2.47 bits per heavy atom. The van der Waals surface area contributed by atoms with Crippen LogP contribution in [-0.4, -0.2) is 11.0 Å². The molecular weight excluding hydrogens is 268 g/mol. The highest BCUT2D eigenvalue weighted by molar-refractivity contribution is 6.35. The molecular formula is C13H9ClN2O3. The number of benzene rings is 2. The third kappa shape index (κ3) is 2.71. The monoisotopic (exact) mass is 276 g/mol. The van der Waals surface area contributed by atoms with Gasteiger partial charge in [0, 0.05) is 5.69 Å². The molecule has 2 aromatic carbocycles. The molecule has 0 aromatic heterocycles. The lowest BCUT2D eigenvalue weighted by Crippen LogP contribution is -2.12. The molecule has 1 amide bonds. The number of carbonyl (C=O) groups is 1. The maximum Gasteiger partial charge on any atom is 0.259 e. The molecule has 0 saturated heterocycles.